The Labute approximate surface area is 126 Å². The van der Waals surface area contributed by atoms with E-state index in [1.165, 1.54) is 70.2 Å². The van der Waals surface area contributed by atoms with E-state index in [2.05, 4.69) is 31.8 Å². The predicted molar refractivity (Wildman–Crippen MR) is 83.9 cm³/mol. The number of nitrogens with zero attached hydrogens (tertiary/aromatic N) is 3. The van der Waals surface area contributed by atoms with Crippen LogP contribution < -0.4 is 0 Å². The first-order chi connectivity index (χ1) is 9.93. The Balaban J connectivity index is 1.47. The van der Waals surface area contributed by atoms with Crippen LogP contribution in [0.15, 0.2) is 6.33 Å². The van der Waals surface area contributed by atoms with E-state index in [-0.39, 0.29) is 0 Å². The van der Waals surface area contributed by atoms with E-state index in [1.54, 1.807) is 6.33 Å². The number of hydrogen-bond acceptors (Lipinski definition) is 4. The van der Waals surface area contributed by atoms with Gasteiger partial charge in [-0.2, -0.15) is 16.9 Å². The van der Waals surface area contributed by atoms with Crippen LogP contribution in [0.4, 0.5) is 0 Å². The predicted octanol–water partition coefficient (Wildman–Crippen LogP) is 3.40. The molecule has 0 aromatic carbocycles. The van der Waals surface area contributed by atoms with Crippen LogP contribution in [0.2, 0.25) is 0 Å². The summed E-state index contributed by atoms with van der Waals surface area (Å²) in [4.78, 5) is 6.98. The molecule has 1 aromatic rings. The molecule has 0 radical (unpaired) electrons. The van der Waals surface area contributed by atoms with Gasteiger partial charge < -0.3 is 0 Å². The van der Waals surface area contributed by atoms with Gasteiger partial charge in [0.2, 0.25) is 0 Å². The molecule has 2 aliphatic rings. The van der Waals surface area contributed by atoms with Gasteiger partial charge in [0.05, 0.1) is 6.04 Å². The SMILES string of the molecule is c1n[nH]c(C2CCCCN2CCSC2CCCCC2)n1. The maximum Gasteiger partial charge on any atom is 0.141 e. The van der Waals surface area contributed by atoms with Crippen LogP contribution in [0, 0.1) is 0 Å². The highest BCUT2D eigenvalue weighted by molar-refractivity contribution is 7.99. The highest BCUT2D eigenvalue weighted by Gasteiger charge is 2.26. The Morgan fingerprint density at radius 1 is 1.15 bits per heavy atom. The van der Waals surface area contributed by atoms with Gasteiger partial charge in [0.15, 0.2) is 0 Å². The van der Waals surface area contributed by atoms with E-state index >= 15 is 0 Å². The van der Waals surface area contributed by atoms with Crippen molar-refractivity contribution in [1.29, 1.82) is 0 Å². The van der Waals surface area contributed by atoms with Crippen LogP contribution in [-0.2, 0) is 0 Å². The summed E-state index contributed by atoms with van der Waals surface area (Å²) in [5.74, 6) is 2.34. The lowest BCUT2D eigenvalue weighted by molar-refractivity contribution is 0.152. The van der Waals surface area contributed by atoms with Crippen LogP contribution in [0.3, 0.4) is 0 Å². The Hall–Kier alpha value is -0.550. The minimum atomic E-state index is 0.471. The monoisotopic (exact) mass is 294 g/mol. The van der Waals surface area contributed by atoms with E-state index in [9.17, 15) is 0 Å². The second-order valence-electron chi connectivity index (χ2n) is 6.05. The van der Waals surface area contributed by atoms with Crippen LogP contribution in [0.5, 0.6) is 0 Å². The van der Waals surface area contributed by atoms with Gasteiger partial charge in [0.25, 0.3) is 0 Å². The topological polar surface area (TPSA) is 44.8 Å². The smallest absolute Gasteiger partial charge is 0.141 e. The van der Waals surface area contributed by atoms with Gasteiger partial charge in [-0.25, -0.2) is 4.98 Å². The fourth-order valence-electron chi connectivity index (χ4n) is 3.51. The Morgan fingerprint density at radius 2 is 2.00 bits per heavy atom. The molecule has 3 rings (SSSR count). The summed E-state index contributed by atoms with van der Waals surface area (Å²) in [5, 5.41) is 8.01. The molecule has 1 aliphatic carbocycles. The Morgan fingerprint density at radius 3 is 2.80 bits per heavy atom. The fourth-order valence-corrected chi connectivity index (χ4v) is 4.85. The number of hydrogen-bond donors (Lipinski definition) is 1. The van der Waals surface area contributed by atoms with E-state index in [1.807, 2.05) is 0 Å². The summed E-state index contributed by atoms with van der Waals surface area (Å²) in [7, 11) is 0. The van der Waals surface area contributed by atoms with Crippen LogP contribution >= 0.6 is 11.8 Å². The third-order valence-corrected chi connectivity index (χ3v) is 6.01. The van der Waals surface area contributed by atoms with E-state index < -0.39 is 0 Å². The van der Waals surface area contributed by atoms with Crippen molar-refractivity contribution >= 4 is 11.8 Å². The molecule has 1 N–H and O–H groups in total. The van der Waals surface area contributed by atoms with Crippen molar-refractivity contribution in [2.45, 2.75) is 62.7 Å². The number of aromatic amines is 1. The average Bonchev–Trinajstić information content (AvgIpc) is 3.03. The molecule has 2 heterocycles. The summed E-state index contributed by atoms with van der Waals surface area (Å²) in [5.41, 5.74) is 0. The summed E-state index contributed by atoms with van der Waals surface area (Å²) < 4.78 is 0. The molecular weight excluding hydrogens is 268 g/mol. The van der Waals surface area contributed by atoms with Crippen molar-refractivity contribution in [1.82, 2.24) is 20.1 Å². The van der Waals surface area contributed by atoms with Gasteiger partial charge in [-0.1, -0.05) is 25.7 Å². The molecule has 4 nitrogen and oxygen atoms in total. The largest absolute Gasteiger partial charge is 0.293 e. The maximum atomic E-state index is 4.37. The molecule has 1 aromatic heterocycles. The quantitative estimate of drug-likeness (QED) is 0.904. The standard InChI is InChI=1S/C15H26N4S/c1-2-6-13(7-3-1)20-11-10-19-9-5-4-8-14(19)15-16-12-17-18-15/h12-14H,1-11H2,(H,16,17,18). The summed E-state index contributed by atoms with van der Waals surface area (Å²) in [6, 6.07) is 0.471. The fraction of sp³-hybridized carbons (Fsp3) is 0.867. The van der Waals surface area contributed by atoms with Gasteiger partial charge in [0.1, 0.15) is 12.2 Å². The van der Waals surface area contributed by atoms with Gasteiger partial charge in [0, 0.05) is 17.5 Å². The van der Waals surface area contributed by atoms with Gasteiger partial charge in [-0.15, -0.1) is 0 Å². The van der Waals surface area contributed by atoms with Crippen molar-refractivity contribution in [3.8, 4) is 0 Å². The molecule has 112 valence electrons. The zero-order chi connectivity index (χ0) is 13.6. The number of rotatable bonds is 5. The molecule has 1 saturated heterocycles. The van der Waals surface area contributed by atoms with Crippen LogP contribution in [0.25, 0.3) is 0 Å². The molecular formula is C15H26N4S. The molecule has 1 saturated carbocycles. The molecule has 1 aliphatic heterocycles. The number of aromatic nitrogens is 3. The molecule has 2 fully saturated rings. The van der Waals surface area contributed by atoms with E-state index in [4.69, 9.17) is 0 Å². The second-order valence-corrected chi connectivity index (χ2v) is 7.46. The normalized spacial score (nSPS) is 25.9. The Kier molecular flexibility index (Phi) is 5.36. The number of piperidine rings is 1. The number of likely N-dealkylation sites (tertiary alicyclic amines) is 1. The van der Waals surface area contributed by atoms with Crippen molar-refractivity contribution in [3.63, 3.8) is 0 Å². The van der Waals surface area contributed by atoms with Gasteiger partial charge >= 0.3 is 0 Å². The van der Waals surface area contributed by atoms with E-state index in [0.29, 0.717) is 6.04 Å². The maximum absolute atomic E-state index is 4.37. The van der Waals surface area contributed by atoms with Crippen molar-refractivity contribution in [3.05, 3.63) is 12.2 Å². The number of nitrogens with one attached hydrogen (secondary N) is 1. The highest BCUT2D eigenvalue weighted by Crippen LogP contribution is 2.31. The third kappa shape index (κ3) is 3.76. The van der Waals surface area contributed by atoms with Gasteiger partial charge in [-0.05, 0) is 32.2 Å². The molecule has 1 unspecified atom stereocenters. The first-order valence-electron chi connectivity index (χ1n) is 8.14. The Bertz CT molecular complexity index is 375. The first-order valence-corrected chi connectivity index (χ1v) is 9.19. The second kappa shape index (κ2) is 7.46. The summed E-state index contributed by atoms with van der Waals surface area (Å²) >= 11 is 2.20. The van der Waals surface area contributed by atoms with E-state index in [0.717, 1.165) is 11.1 Å². The minimum Gasteiger partial charge on any atom is -0.293 e. The van der Waals surface area contributed by atoms with Crippen LogP contribution in [-0.4, -0.2) is 44.2 Å². The molecule has 5 heteroatoms. The lowest BCUT2D eigenvalue weighted by Crippen LogP contribution is -2.36. The average molecular weight is 294 g/mol. The third-order valence-electron chi connectivity index (χ3n) is 4.65. The number of H-pyrrole nitrogens is 1. The minimum absolute atomic E-state index is 0.471. The first kappa shape index (κ1) is 14.4. The van der Waals surface area contributed by atoms with Gasteiger partial charge in [-0.3, -0.25) is 10.00 Å². The molecule has 0 spiro atoms. The van der Waals surface area contributed by atoms with Crippen molar-refractivity contribution < 1.29 is 0 Å². The molecule has 1 atom stereocenters. The van der Waals surface area contributed by atoms with Crippen LogP contribution in [0.1, 0.15) is 63.2 Å². The molecule has 0 amide bonds. The summed E-state index contributed by atoms with van der Waals surface area (Å²) in [6.45, 7) is 2.42. The van der Waals surface area contributed by atoms with Crippen molar-refractivity contribution in [2.24, 2.45) is 0 Å². The molecule has 20 heavy (non-hydrogen) atoms. The molecule has 0 bridgehead atoms. The number of thioether (sulfide) groups is 1. The summed E-state index contributed by atoms with van der Waals surface area (Å²) in [6.07, 6.45) is 12.7. The lowest BCUT2D eigenvalue weighted by Gasteiger charge is -2.34. The zero-order valence-electron chi connectivity index (χ0n) is 12.3. The van der Waals surface area contributed by atoms with Crippen molar-refractivity contribution in [2.75, 3.05) is 18.8 Å². The lowest BCUT2D eigenvalue weighted by atomic mass is 10.0. The zero-order valence-corrected chi connectivity index (χ0v) is 13.1. The highest BCUT2D eigenvalue weighted by atomic mass is 32.2.